The van der Waals surface area contributed by atoms with E-state index < -0.39 is 4.92 Å². The first kappa shape index (κ1) is 19.4. The highest BCUT2D eigenvalue weighted by molar-refractivity contribution is 5.76. The van der Waals surface area contributed by atoms with Crippen molar-refractivity contribution in [3.05, 3.63) is 69.8 Å². The summed E-state index contributed by atoms with van der Waals surface area (Å²) in [7, 11) is 1.72. The Morgan fingerprint density at radius 2 is 1.96 bits per heavy atom. The number of rotatable bonds is 8. The quantitative estimate of drug-likeness (QED) is 0.526. The highest BCUT2D eigenvalue weighted by Crippen LogP contribution is 2.25. The van der Waals surface area contributed by atoms with Crippen molar-refractivity contribution in [1.29, 1.82) is 0 Å². The van der Waals surface area contributed by atoms with Gasteiger partial charge in [0.05, 0.1) is 17.6 Å². The van der Waals surface area contributed by atoms with Gasteiger partial charge in [-0.15, -0.1) is 0 Å². The molecule has 6 nitrogen and oxygen atoms in total. The highest BCUT2D eigenvalue weighted by atomic mass is 16.6. The van der Waals surface area contributed by atoms with Crippen LogP contribution in [0.25, 0.3) is 0 Å². The summed E-state index contributed by atoms with van der Waals surface area (Å²) in [6.45, 7) is 4.37. The van der Waals surface area contributed by atoms with Crippen molar-refractivity contribution in [1.82, 2.24) is 4.90 Å². The SMILES string of the molecule is CCOc1ccccc1CCC(=O)N(C)[C@@H](C)c1cccc([N+](=O)[O-])c1. The minimum absolute atomic E-state index is 0.0182. The molecule has 138 valence electrons. The largest absolute Gasteiger partial charge is 0.494 e. The van der Waals surface area contributed by atoms with Crippen molar-refractivity contribution in [2.45, 2.75) is 32.7 Å². The van der Waals surface area contributed by atoms with Crippen LogP contribution in [0.15, 0.2) is 48.5 Å². The van der Waals surface area contributed by atoms with Crippen LogP contribution in [0.2, 0.25) is 0 Å². The zero-order chi connectivity index (χ0) is 19.1. The molecule has 0 saturated carbocycles. The first-order valence-corrected chi connectivity index (χ1v) is 8.64. The van der Waals surface area contributed by atoms with E-state index >= 15 is 0 Å². The third-order valence-corrected chi connectivity index (χ3v) is 4.42. The first-order valence-electron chi connectivity index (χ1n) is 8.64. The third-order valence-electron chi connectivity index (χ3n) is 4.42. The van der Waals surface area contributed by atoms with E-state index in [0.29, 0.717) is 19.4 Å². The predicted molar refractivity (Wildman–Crippen MR) is 100 cm³/mol. The van der Waals surface area contributed by atoms with Gasteiger partial charge in [0.2, 0.25) is 5.91 Å². The minimum atomic E-state index is -0.428. The van der Waals surface area contributed by atoms with E-state index in [0.717, 1.165) is 16.9 Å². The van der Waals surface area contributed by atoms with Gasteiger partial charge in [-0.25, -0.2) is 0 Å². The average Bonchev–Trinajstić information content (AvgIpc) is 2.66. The molecule has 2 aromatic carbocycles. The Morgan fingerprint density at radius 1 is 1.23 bits per heavy atom. The molecule has 0 bridgehead atoms. The van der Waals surface area contributed by atoms with Crippen molar-refractivity contribution in [2.75, 3.05) is 13.7 Å². The Bertz CT molecular complexity index is 776. The van der Waals surface area contributed by atoms with Gasteiger partial charge in [-0.05, 0) is 37.5 Å². The average molecular weight is 356 g/mol. The molecule has 2 aromatic rings. The molecule has 0 fully saturated rings. The van der Waals surface area contributed by atoms with E-state index in [1.54, 1.807) is 24.1 Å². The number of nitrogens with zero attached hydrogens (tertiary/aromatic N) is 2. The van der Waals surface area contributed by atoms with Crippen LogP contribution in [0.3, 0.4) is 0 Å². The number of nitro benzene ring substituents is 1. The van der Waals surface area contributed by atoms with Crippen LogP contribution < -0.4 is 4.74 Å². The molecule has 0 aromatic heterocycles. The molecule has 0 N–H and O–H groups in total. The summed E-state index contributed by atoms with van der Waals surface area (Å²) in [4.78, 5) is 24.7. The molecule has 0 aliphatic carbocycles. The number of hydrogen-bond acceptors (Lipinski definition) is 4. The highest BCUT2D eigenvalue weighted by Gasteiger charge is 2.19. The van der Waals surface area contributed by atoms with Crippen LogP contribution in [0.5, 0.6) is 5.75 Å². The number of para-hydroxylation sites is 1. The molecule has 0 heterocycles. The summed E-state index contributed by atoms with van der Waals surface area (Å²) in [5.41, 5.74) is 1.77. The van der Waals surface area contributed by atoms with Crippen LogP contribution in [0.1, 0.15) is 37.4 Å². The maximum absolute atomic E-state index is 12.6. The van der Waals surface area contributed by atoms with E-state index in [1.807, 2.05) is 38.1 Å². The fourth-order valence-electron chi connectivity index (χ4n) is 2.76. The molecule has 1 atom stereocenters. The summed E-state index contributed by atoms with van der Waals surface area (Å²) in [6, 6.07) is 13.9. The lowest BCUT2D eigenvalue weighted by molar-refractivity contribution is -0.384. The maximum atomic E-state index is 12.6. The van der Waals surface area contributed by atoms with Gasteiger partial charge in [0.1, 0.15) is 5.75 Å². The zero-order valence-electron chi connectivity index (χ0n) is 15.3. The molecule has 6 heteroatoms. The summed E-state index contributed by atoms with van der Waals surface area (Å²) < 4.78 is 5.59. The van der Waals surface area contributed by atoms with Crippen molar-refractivity contribution < 1.29 is 14.5 Å². The van der Waals surface area contributed by atoms with Gasteiger partial charge >= 0.3 is 0 Å². The molecule has 1 amide bonds. The van der Waals surface area contributed by atoms with Gasteiger partial charge in [-0.2, -0.15) is 0 Å². The molecule has 0 unspecified atom stereocenters. The van der Waals surface area contributed by atoms with E-state index in [4.69, 9.17) is 4.74 Å². The standard InChI is InChI=1S/C20H24N2O4/c1-4-26-19-11-6-5-8-16(19)12-13-20(23)21(3)15(2)17-9-7-10-18(14-17)22(24)25/h5-11,14-15H,4,12-13H2,1-3H3/t15-/m0/s1. The fraction of sp³-hybridized carbons (Fsp3) is 0.350. The second kappa shape index (κ2) is 8.99. The summed E-state index contributed by atoms with van der Waals surface area (Å²) in [5, 5.41) is 10.9. The lowest BCUT2D eigenvalue weighted by Crippen LogP contribution is -2.29. The van der Waals surface area contributed by atoms with Gasteiger partial charge < -0.3 is 9.64 Å². The number of non-ortho nitro benzene ring substituents is 1. The van der Waals surface area contributed by atoms with E-state index in [1.165, 1.54) is 12.1 Å². The van der Waals surface area contributed by atoms with Gasteiger partial charge in [0, 0.05) is 25.6 Å². The molecular weight excluding hydrogens is 332 g/mol. The van der Waals surface area contributed by atoms with Gasteiger partial charge in [0.15, 0.2) is 0 Å². The Hall–Kier alpha value is -2.89. The Kier molecular flexibility index (Phi) is 6.72. The number of aryl methyl sites for hydroxylation is 1. The minimum Gasteiger partial charge on any atom is -0.494 e. The predicted octanol–water partition coefficient (Wildman–Crippen LogP) is 4.15. The second-order valence-electron chi connectivity index (χ2n) is 6.07. The summed E-state index contributed by atoms with van der Waals surface area (Å²) in [6.07, 6.45) is 0.931. The normalized spacial score (nSPS) is 11.7. The Labute approximate surface area is 153 Å². The van der Waals surface area contributed by atoms with E-state index in [-0.39, 0.29) is 17.6 Å². The topological polar surface area (TPSA) is 72.7 Å². The third kappa shape index (κ3) is 4.81. The molecule has 0 saturated heterocycles. The van der Waals surface area contributed by atoms with Crippen LogP contribution in [0, 0.1) is 10.1 Å². The van der Waals surface area contributed by atoms with Crippen molar-refractivity contribution in [2.24, 2.45) is 0 Å². The second-order valence-corrected chi connectivity index (χ2v) is 6.07. The van der Waals surface area contributed by atoms with Crippen molar-refractivity contribution in [3.8, 4) is 5.75 Å². The van der Waals surface area contributed by atoms with Crippen molar-refractivity contribution >= 4 is 11.6 Å². The van der Waals surface area contributed by atoms with Gasteiger partial charge in [-0.1, -0.05) is 30.3 Å². The molecular formula is C20H24N2O4. The number of ether oxygens (including phenoxy) is 1. The zero-order valence-corrected chi connectivity index (χ0v) is 15.3. The van der Waals surface area contributed by atoms with E-state index in [9.17, 15) is 14.9 Å². The number of carbonyl (C=O) groups is 1. The molecule has 0 aliphatic heterocycles. The number of benzene rings is 2. The monoisotopic (exact) mass is 356 g/mol. The van der Waals surface area contributed by atoms with E-state index in [2.05, 4.69) is 0 Å². The number of amides is 1. The van der Waals surface area contributed by atoms with Gasteiger partial charge in [0.25, 0.3) is 5.69 Å². The van der Waals surface area contributed by atoms with Crippen LogP contribution in [0.4, 0.5) is 5.69 Å². The molecule has 0 radical (unpaired) electrons. The van der Waals surface area contributed by atoms with Crippen molar-refractivity contribution in [3.63, 3.8) is 0 Å². The maximum Gasteiger partial charge on any atom is 0.269 e. The lowest BCUT2D eigenvalue weighted by Gasteiger charge is -2.25. The summed E-state index contributed by atoms with van der Waals surface area (Å²) >= 11 is 0. The first-order chi connectivity index (χ1) is 12.4. The van der Waals surface area contributed by atoms with Gasteiger partial charge in [-0.3, -0.25) is 14.9 Å². The molecule has 2 rings (SSSR count). The smallest absolute Gasteiger partial charge is 0.269 e. The molecule has 0 spiro atoms. The Morgan fingerprint density at radius 3 is 2.65 bits per heavy atom. The number of carbonyl (C=O) groups excluding carboxylic acids is 1. The lowest BCUT2D eigenvalue weighted by atomic mass is 10.0. The molecule has 26 heavy (non-hydrogen) atoms. The van der Waals surface area contributed by atoms with Crippen LogP contribution >= 0.6 is 0 Å². The number of hydrogen-bond donors (Lipinski definition) is 0. The van der Waals surface area contributed by atoms with Crippen LogP contribution in [-0.2, 0) is 11.2 Å². The number of nitro groups is 1. The molecule has 0 aliphatic rings. The van der Waals surface area contributed by atoms with Crippen LogP contribution in [-0.4, -0.2) is 29.4 Å². The fourth-order valence-corrected chi connectivity index (χ4v) is 2.76. The summed E-state index contributed by atoms with van der Waals surface area (Å²) in [5.74, 6) is 0.785. The Balaban J connectivity index is 2.03.